The van der Waals surface area contributed by atoms with E-state index in [2.05, 4.69) is 4.74 Å². The van der Waals surface area contributed by atoms with E-state index in [9.17, 15) is 18.0 Å². The molecule has 0 unspecified atom stereocenters. The van der Waals surface area contributed by atoms with Gasteiger partial charge in [0.2, 0.25) is 5.91 Å². The molecule has 1 atom stereocenters. The number of hydrogen-bond acceptors (Lipinski definition) is 2. The molecule has 1 rings (SSSR count). The molecule has 0 radical (unpaired) electrons. The molecule has 1 amide bonds. The van der Waals surface area contributed by atoms with Crippen molar-refractivity contribution in [3.8, 4) is 0 Å². The number of carbonyl (C=O) groups is 1. The zero-order valence-electron chi connectivity index (χ0n) is 9.22. The van der Waals surface area contributed by atoms with Gasteiger partial charge in [-0.3, -0.25) is 4.79 Å². The molecule has 16 heavy (non-hydrogen) atoms. The summed E-state index contributed by atoms with van der Waals surface area (Å²) in [7, 11) is 0. The number of rotatable bonds is 3. The molecule has 94 valence electrons. The van der Waals surface area contributed by atoms with Crippen LogP contribution in [0.25, 0.3) is 0 Å². The van der Waals surface area contributed by atoms with Crippen molar-refractivity contribution >= 4 is 5.91 Å². The summed E-state index contributed by atoms with van der Waals surface area (Å²) >= 11 is 0. The first kappa shape index (κ1) is 13.3. The molecule has 0 aromatic rings. The SMILES string of the molecule is C[C@@H]1CCCN(C(=O)COCC(F)(F)F)C1. The highest BCUT2D eigenvalue weighted by Crippen LogP contribution is 2.16. The van der Waals surface area contributed by atoms with Gasteiger partial charge in [0.1, 0.15) is 13.2 Å². The largest absolute Gasteiger partial charge is 0.411 e. The predicted octanol–water partition coefficient (Wildman–Crippen LogP) is 1.82. The summed E-state index contributed by atoms with van der Waals surface area (Å²) in [5, 5.41) is 0. The maximum absolute atomic E-state index is 11.8. The maximum Gasteiger partial charge on any atom is 0.411 e. The second kappa shape index (κ2) is 5.52. The predicted molar refractivity (Wildman–Crippen MR) is 51.9 cm³/mol. The number of piperidine rings is 1. The first-order valence-electron chi connectivity index (χ1n) is 5.31. The monoisotopic (exact) mass is 239 g/mol. The van der Waals surface area contributed by atoms with Crippen molar-refractivity contribution in [3.63, 3.8) is 0 Å². The summed E-state index contributed by atoms with van der Waals surface area (Å²) in [6.07, 6.45) is -2.39. The van der Waals surface area contributed by atoms with E-state index in [4.69, 9.17) is 0 Å². The number of alkyl halides is 3. The minimum Gasteiger partial charge on any atom is -0.362 e. The number of likely N-dealkylation sites (tertiary alicyclic amines) is 1. The van der Waals surface area contributed by atoms with Gasteiger partial charge in [-0.1, -0.05) is 6.92 Å². The Labute approximate surface area is 92.5 Å². The molecule has 0 saturated carbocycles. The zero-order chi connectivity index (χ0) is 12.2. The summed E-state index contributed by atoms with van der Waals surface area (Å²) in [4.78, 5) is 13.0. The van der Waals surface area contributed by atoms with Crippen LogP contribution in [0.4, 0.5) is 13.2 Å². The molecule has 1 fully saturated rings. The topological polar surface area (TPSA) is 29.5 Å². The lowest BCUT2D eigenvalue weighted by Gasteiger charge is -2.30. The molecule has 3 nitrogen and oxygen atoms in total. The molecular weight excluding hydrogens is 223 g/mol. The van der Waals surface area contributed by atoms with Crippen molar-refractivity contribution in [3.05, 3.63) is 0 Å². The lowest BCUT2D eigenvalue weighted by atomic mass is 10.0. The van der Waals surface area contributed by atoms with Crippen LogP contribution in [0.15, 0.2) is 0 Å². The molecule has 1 heterocycles. The Balaban J connectivity index is 2.24. The first-order valence-corrected chi connectivity index (χ1v) is 5.31. The van der Waals surface area contributed by atoms with Gasteiger partial charge in [-0.25, -0.2) is 0 Å². The third kappa shape index (κ3) is 4.83. The highest BCUT2D eigenvalue weighted by atomic mass is 19.4. The maximum atomic E-state index is 11.8. The van der Waals surface area contributed by atoms with Crippen molar-refractivity contribution in [1.29, 1.82) is 0 Å². The Bertz CT molecular complexity index is 243. The average Bonchev–Trinajstić information content (AvgIpc) is 2.15. The van der Waals surface area contributed by atoms with E-state index in [1.165, 1.54) is 0 Å². The van der Waals surface area contributed by atoms with Crippen molar-refractivity contribution in [2.75, 3.05) is 26.3 Å². The van der Waals surface area contributed by atoms with Gasteiger partial charge in [0, 0.05) is 13.1 Å². The van der Waals surface area contributed by atoms with E-state index >= 15 is 0 Å². The third-order valence-corrected chi connectivity index (χ3v) is 2.50. The Hall–Kier alpha value is -0.780. The second-order valence-electron chi connectivity index (χ2n) is 4.20. The molecular formula is C10H16F3NO2. The molecule has 1 saturated heterocycles. The van der Waals surface area contributed by atoms with Crippen LogP contribution < -0.4 is 0 Å². The summed E-state index contributed by atoms with van der Waals surface area (Å²) in [5.41, 5.74) is 0. The number of amides is 1. The van der Waals surface area contributed by atoms with E-state index in [1.54, 1.807) is 4.90 Å². The van der Waals surface area contributed by atoms with Gasteiger partial charge >= 0.3 is 6.18 Å². The van der Waals surface area contributed by atoms with Crippen molar-refractivity contribution in [2.45, 2.75) is 25.9 Å². The van der Waals surface area contributed by atoms with Crippen LogP contribution in [-0.4, -0.2) is 43.3 Å². The highest BCUT2D eigenvalue weighted by Gasteiger charge is 2.28. The standard InChI is InChI=1S/C10H16F3NO2/c1-8-3-2-4-14(5-8)9(15)6-16-7-10(11,12)13/h8H,2-7H2,1H3/t8-/m1/s1. The van der Waals surface area contributed by atoms with Crippen LogP contribution in [0.3, 0.4) is 0 Å². The Morgan fingerprint density at radius 2 is 2.19 bits per heavy atom. The molecule has 0 spiro atoms. The number of hydrogen-bond donors (Lipinski definition) is 0. The molecule has 1 aliphatic rings. The van der Waals surface area contributed by atoms with Gasteiger partial charge in [-0.15, -0.1) is 0 Å². The van der Waals surface area contributed by atoms with Gasteiger partial charge in [-0.05, 0) is 18.8 Å². The minimum atomic E-state index is -4.37. The second-order valence-corrected chi connectivity index (χ2v) is 4.20. The fourth-order valence-electron chi connectivity index (χ4n) is 1.76. The molecule has 0 aliphatic carbocycles. The minimum absolute atomic E-state index is 0.351. The summed E-state index contributed by atoms with van der Waals surface area (Å²) in [6.45, 7) is 1.43. The van der Waals surface area contributed by atoms with Gasteiger partial charge in [-0.2, -0.15) is 13.2 Å². The van der Waals surface area contributed by atoms with Gasteiger partial charge in [0.25, 0.3) is 0 Å². The van der Waals surface area contributed by atoms with Crippen molar-refractivity contribution in [2.24, 2.45) is 5.92 Å². The summed E-state index contributed by atoms with van der Waals surface area (Å²) < 4.78 is 39.6. The molecule has 6 heteroatoms. The lowest BCUT2D eigenvalue weighted by Crippen LogP contribution is -2.41. The van der Waals surface area contributed by atoms with Crippen LogP contribution >= 0.6 is 0 Å². The van der Waals surface area contributed by atoms with Crippen LogP contribution in [0.1, 0.15) is 19.8 Å². The molecule has 0 aromatic heterocycles. The average molecular weight is 239 g/mol. The molecule has 0 aromatic carbocycles. The van der Waals surface area contributed by atoms with E-state index in [-0.39, 0.29) is 5.91 Å². The summed E-state index contributed by atoms with van der Waals surface area (Å²) in [5.74, 6) is 0.0658. The number of halogens is 3. The smallest absolute Gasteiger partial charge is 0.362 e. The Morgan fingerprint density at radius 3 is 2.75 bits per heavy atom. The zero-order valence-corrected chi connectivity index (χ0v) is 9.22. The fourth-order valence-corrected chi connectivity index (χ4v) is 1.76. The van der Waals surface area contributed by atoms with E-state index in [1.807, 2.05) is 6.92 Å². The summed E-state index contributed by atoms with van der Waals surface area (Å²) in [6, 6.07) is 0. The Kier molecular flexibility index (Phi) is 4.58. The van der Waals surface area contributed by atoms with E-state index in [0.717, 1.165) is 12.8 Å². The van der Waals surface area contributed by atoms with E-state index in [0.29, 0.717) is 19.0 Å². The first-order chi connectivity index (χ1) is 7.38. The van der Waals surface area contributed by atoms with Gasteiger partial charge in [0.05, 0.1) is 0 Å². The molecule has 0 N–H and O–H groups in total. The Morgan fingerprint density at radius 1 is 1.50 bits per heavy atom. The fraction of sp³-hybridized carbons (Fsp3) is 0.900. The van der Waals surface area contributed by atoms with Crippen molar-refractivity contribution < 1.29 is 22.7 Å². The van der Waals surface area contributed by atoms with Crippen molar-refractivity contribution in [1.82, 2.24) is 4.90 Å². The van der Waals surface area contributed by atoms with Crippen LogP contribution in [0, 0.1) is 5.92 Å². The lowest BCUT2D eigenvalue weighted by molar-refractivity contribution is -0.178. The highest BCUT2D eigenvalue weighted by molar-refractivity contribution is 5.77. The third-order valence-electron chi connectivity index (χ3n) is 2.50. The molecule has 1 aliphatic heterocycles. The quantitative estimate of drug-likeness (QED) is 0.752. The van der Waals surface area contributed by atoms with Crippen LogP contribution in [0.5, 0.6) is 0 Å². The normalized spacial score (nSPS) is 22.2. The van der Waals surface area contributed by atoms with E-state index < -0.39 is 19.4 Å². The van der Waals surface area contributed by atoms with Gasteiger partial charge in [0.15, 0.2) is 0 Å². The number of ether oxygens (including phenoxy) is 1. The van der Waals surface area contributed by atoms with Crippen LogP contribution in [0.2, 0.25) is 0 Å². The van der Waals surface area contributed by atoms with Crippen LogP contribution in [-0.2, 0) is 9.53 Å². The molecule has 0 bridgehead atoms. The number of carbonyl (C=O) groups excluding carboxylic acids is 1. The van der Waals surface area contributed by atoms with Gasteiger partial charge < -0.3 is 9.64 Å². The number of nitrogens with zero attached hydrogens (tertiary/aromatic N) is 1.